The van der Waals surface area contributed by atoms with Gasteiger partial charge in [-0.15, -0.1) is 0 Å². The zero-order chi connectivity index (χ0) is 16.2. The number of hydrogen-bond donors (Lipinski definition) is 0. The molecule has 1 fully saturated rings. The van der Waals surface area contributed by atoms with Crippen molar-refractivity contribution < 1.29 is 4.52 Å². The zero-order valence-electron chi connectivity index (χ0n) is 14.3. The summed E-state index contributed by atoms with van der Waals surface area (Å²) in [4.78, 5) is 9.33. The monoisotopic (exact) mass is 314 g/mol. The minimum Gasteiger partial charge on any atom is -0.369 e. The molecular weight excluding hydrogens is 288 g/mol. The van der Waals surface area contributed by atoms with Gasteiger partial charge in [0, 0.05) is 38.3 Å². The van der Waals surface area contributed by atoms with E-state index in [0.717, 1.165) is 50.9 Å². The lowest BCUT2D eigenvalue weighted by molar-refractivity contribution is 0.215. The Kier molecular flexibility index (Phi) is 4.96. The Morgan fingerprint density at radius 1 is 1.17 bits per heavy atom. The number of hydrogen-bond acceptors (Lipinski definition) is 5. The van der Waals surface area contributed by atoms with Crippen LogP contribution in [0.15, 0.2) is 28.8 Å². The van der Waals surface area contributed by atoms with Gasteiger partial charge in [-0.3, -0.25) is 4.90 Å². The maximum atomic E-state index is 5.38. The van der Waals surface area contributed by atoms with E-state index in [9.17, 15) is 0 Å². The average Bonchev–Trinajstić information content (AvgIpc) is 2.94. The smallest absolute Gasteiger partial charge is 0.240 e. The quantitative estimate of drug-likeness (QED) is 0.849. The summed E-state index contributed by atoms with van der Waals surface area (Å²) in [5, 5.41) is 4.07. The van der Waals surface area contributed by atoms with Gasteiger partial charge in [-0.2, -0.15) is 4.98 Å². The molecule has 0 saturated carbocycles. The number of rotatable bonds is 5. The highest BCUT2D eigenvalue weighted by Crippen LogP contribution is 2.18. The first-order chi connectivity index (χ1) is 11.1. The van der Waals surface area contributed by atoms with Crippen LogP contribution in [0.3, 0.4) is 0 Å². The third kappa shape index (κ3) is 4.32. The molecule has 1 aliphatic rings. The molecule has 0 bridgehead atoms. The van der Waals surface area contributed by atoms with Crippen LogP contribution < -0.4 is 4.90 Å². The SMILES string of the molecule is Cc1cccc(N2CCN(Cc3nc(CC(C)C)no3)CC2)c1. The van der Waals surface area contributed by atoms with Crippen LogP contribution in [0.4, 0.5) is 5.69 Å². The van der Waals surface area contributed by atoms with E-state index >= 15 is 0 Å². The van der Waals surface area contributed by atoms with E-state index in [1.165, 1.54) is 11.3 Å². The predicted molar refractivity (Wildman–Crippen MR) is 91.5 cm³/mol. The van der Waals surface area contributed by atoms with E-state index in [2.05, 4.69) is 65.0 Å². The maximum absolute atomic E-state index is 5.38. The maximum Gasteiger partial charge on any atom is 0.240 e. The number of aryl methyl sites for hydroxylation is 1. The Morgan fingerprint density at radius 2 is 1.96 bits per heavy atom. The Balaban J connectivity index is 1.52. The number of anilines is 1. The summed E-state index contributed by atoms with van der Waals surface area (Å²) >= 11 is 0. The highest BCUT2D eigenvalue weighted by atomic mass is 16.5. The molecule has 0 atom stereocenters. The molecule has 2 aromatic rings. The van der Waals surface area contributed by atoms with Crippen molar-refractivity contribution in [2.75, 3.05) is 31.1 Å². The molecule has 0 aliphatic carbocycles. The molecule has 3 rings (SSSR count). The molecule has 2 heterocycles. The molecule has 1 saturated heterocycles. The minimum absolute atomic E-state index is 0.554. The molecule has 1 aromatic carbocycles. The molecular formula is C18H26N4O. The van der Waals surface area contributed by atoms with Crippen LogP contribution in [0, 0.1) is 12.8 Å². The Bertz CT molecular complexity index is 629. The lowest BCUT2D eigenvalue weighted by atomic mass is 10.1. The first-order valence-corrected chi connectivity index (χ1v) is 8.45. The van der Waals surface area contributed by atoms with E-state index in [1.54, 1.807) is 0 Å². The van der Waals surface area contributed by atoms with Gasteiger partial charge in [0.1, 0.15) is 0 Å². The van der Waals surface area contributed by atoms with Gasteiger partial charge >= 0.3 is 0 Å². The molecule has 1 aliphatic heterocycles. The van der Waals surface area contributed by atoms with Crippen molar-refractivity contribution in [1.82, 2.24) is 15.0 Å². The van der Waals surface area contributed by atoms with Gasteiger partial charge in [0.25, 0.3) is 0 Å². The van der Waals surface area contributed by atoms with Crippen LogP contribution in [0.1, 0.15) is 31.1 Å². The highest BCUT2D eigenvalue weighted by molar-refractivity contribution is 5.48. The summed E-state index contributed by atoms with van der Waals surface area (Å²) in [6.45, 7) is 11.4. The molecule has 23 heavy (non-hydrogen) atoms. The second kappa shape index (κ2) is 7.13. The van der Waals surface area contributed by atoms with Crippen LogP contribution in [-0.2, 0) is 13.0 Å². The van der Waals surface area contributed by atoms with E-state index < -0.39 is 0 Å². The van der Waals surface area contributed by atoms with Crippen molar-refractivity contribution in [3.8, 4) is 0 Å². The van der Waals surface area contributed by atoms with Crippen molar-refractivity contribution in [1.29, 1.82) is 0 Å². The molecule has 0 unspecified atom stereocenters. The molecule has 0 spiro atoms. The lowest BCUT2D eigenvalue weighted by Gasteiger charge is -2.35. The lowest BCUT2D eigenvalue weighted by Crippen LogP contribution is -2.46. The van der Waals surface area contributed by atoms with Crippen molar-refractivity contribution in [3.05, 3.63) is 41.5 Å². The van der Waals surface area contributed by atoms with Gasteiger partial charge < -0.3 is 9.42 Å². The summed E-state index contributed by atoms with van der Waals surface area (Å²) < 4.78 is 5.38. The predicted octanol–water partition coefficient (Wildman–Crippen LogP) is 2.90. The third-order valence-electron chi connectivity index (χ3n) is 4.20. The molecule has 5 nitrogen and oxygen atoms in total. The molecule has 0 amide bonds. The fraction of sp³-hybridized carbons (Fsp3) is 0.556. The fourth-order valence-corrected chi connectivity index (χ4v) is 2.98. The van der Waals surface area contributed by atoms with Crippen LogP contribution in [-0.4, -0.2) is 41.2 Å². The summed E-state index contributed by atoms with van der Waals surface area (Å²) in [5.74, 6) is 2.12. The summed E-state index contributed by atoms with van der Waals surface area (Å²) in [5.41, 5.74) is 2.63. The van der Waals surface area contributed by atoms with Crippen LogP contribution in [0.2, 0.25) is 0 Å². The Hall–Kier alpha value is -1.88. The number of aromatic nitrogens is 2. The normalized spacial score (nSPS) is 16.3. The van der Waals surface area contributed by atoms with Crippen molar-refractivity contribution in [2.45, 2.75) is 33.7 Å². The van der Waals surface area contributed by atoms with E-state index in [0.29, 0.717) is 5.92 Å². The number of piperazine rings is 1. The number of nitrogens with zero attached hydrogens (tertiary/aromatic N) is 4. The minimum atomic E-state index is 0.554. The van der Waals surface area contributed by atoms with Gasteiger partial charge in [-0.05, 0) is 30.5 Å². The molecule has 0 N–H and O–H groups in total. The van der Waals surface area contributed by atoms with Gasteiger partial charge in [0.15, 0.2) is 5.82 Å². The second-order valence-corrected chi connectivity index (χ2v) is 6.80. The van der Waals surface area contributed by atoms with E-state index in [1.807, 2.05) is 0 Å². The van der Waals surface area contributed by atoms with Crippen LogP contribution >= 0.6 is 0 Å². The highest BCUT2D eigenvalue weighted by Gasteiger charge is 2.19. The number of benzene rings is 1. The molecule has 0 radical (unpaired) electrons. The molecule has 5 heteroatoms. The first-order valence-electron chi connectivity index (χ1n) is 8.45. The fourth-order valence-electron chi connectivity index (χ4n) is 2.98. The van der Waals surface area contributed by atoms with E-state index in [-0.39, 0.29) is 0 Å². The Labute approximate surface area is 138 Å². The summed E-state index contributed by atoms with van der Waals surface area (Å²) in [6, 6.07) is 8.72. The second-order valence-electron chi connectivity index (χ2n) is 6.80. The van der Waals surface area contributed by atoms with Crippen molar-refractivity contribution >= 4 is 5.69 Å². The molecule has 124 valence electrons. The third-order valence-corrected chi connectivity index (χ3v) is 4.20. The van der Waals surface area contributed by atoms with Gasteiger partial charge in [-0.1, -0.05) is 31.1 Å². The standard InChI is InChI=1S/C18H26N4O/c1-14(2)11-17-19-18(23-20-17)13-21-7-9-22(10-8-21)16-6-4-5-15(3)12-16/h4-6,12,14H,7-11,13H2,1-3H3. The largest absolute Gasteiger partial charge is 0.369 e. The van der Waals surface area contributed by atoms with Crippen molar-refractivity contribution in [3.63, 3.8) is 0 Å². The van der Waals surface area contributed by atoms with Crippen LogP contribution in [0.5, 0.6) is 0 Å². The molecule has 1 aromatic heterocycles. The van der Waals surface area contributed by atoms with Crippen LogP contribution in [0.25, 0.3) is 0 Å². The average molecular weight is 314 g/mol. The summed E-state index contributed by atoms with van der Waals surface area (Å²) in [7, 11) is 0. The topological polar surface area (TPSA) is 45.4 Å². The zero-order valence-corrected chi connectivity index (χ0v) is 14.3. The first kappa shape index (κ1) is 16.0. The Morgan fingerprint density at radius 3 is 2.65 bits per heavy atom. The van der Waals surface area contributed by atoms with Gasteiger partial charge in [0.05, 0.1) is 6.54 Å². The van der Waals surface area contributed by atoms with E-state index in [4.69, 9.17) is 4.52 Å². The van der Waals surface area contributed by atoms with Gasteiger partial charge in [-0.25, -0.2) is 0 Å². The van der Waals surface area contributed by atoms with Crippen molar-refractivity contribution in [2.24, 2.45) is 5.92 Å². The summed E-state index contributed by atoms with van der Waals surface area (Å²) in [6.07, 6.45) is 0.880. The van der Waals surface area contributed by atoms with Gasteiger partial charge in [0.2, 0.25) is 5.89 Å².